The molecule has 0 saturated heterocycles. The second kappa shape index (κ2) is 8.04. The number of fused-ring (bicyclic) bond motifs is 2. The van der Waals surface area contributed by atoms with Gasteiger partial charge in [0.15, 0.2) is 5.16 Å². The maximum Gasteiger partial charge on any atom is 0.338 e. The molecule has 2 aromatic heterocycles. The van der Waals surface area contributed by atoms with Gasteiger partial charge < -0.3 is 9.30 Å². The molecule has 0 fully saturated rings. The summed E-state index contributed by atoms with van der Waals surface area (Å²) >= 11 is 1.39. The van der Waals surface area contributed by atoms with Gasteiger partial charge >= 0.3 is 5.97 Å². The second-order valence-corrected chi connectivity index (χ2v) is 7.16. The van der Waals surface area contributed by atoms with E-state index in [1.54, 1.807) is 37.3 Å². The average Bonchev–Trinajstić information content (AvgIpc) is 3.10. The lowest BCUT2D eigenvalue weighted by molar-refractivity contribution is 0.0526. The average molecular weight is 409 g/mol. The molecule has 0 spiro atoms. The van der Waals surface area contributed by atoms with Gasteiger partial charge in [-0.25, -0.2) is 9.78 Å². The smallest absolute Gasteiger partial charge is 0.338 e. The molecule has 0 atom stereocenters. The predicted octanol–water partition coefficient (Wildman–Crippen LogP) is 3.09. The van der Waals surface area contributed by atoms with Crippen LogP contribution in [0.1, 0.15) is 24.2 Å². The van der Waals surface area contributed by atoms with Crippen LogP contribution in [0.15, 0.2) is 52.4 Å². The minimum atomic E-state index is -0.368. The number of benzene rings is 2. The van der Waals surface area contributed by atoms with Gasteiger partial charge in [-0.3, -0.25) is 4.79 Å². The molecule has 0 aliphatic rings. The zero-order chi connectivity index (χ0) is 20.4. The summed E-state index contributed by atoms with van der Waals surface area (Å²) in [6.45, 7) is 4.82. The monoisotopic (exact) mass is 409 g/mol. The highest BCUT2D eigenvalue weighted by Crippen LogP contribution is 2.26. The molecule has 0 aliphatic carbocycles. The SMILES string of the molecule is CCOC(=O)c1ccc2c(c1)nc(SCn1nnc3ccccc3c1=O)n2CC. The molecule has 0 unspecified atom stereocenters. The van der Waals surface area contributed by atoms with Crippen molar-refractivity contribution < 1.29 is 9.53 Å². The molecule has 0 aliphatic heterocycles. The lowest BCUT2D eigenvalue weighted by atomic mass is 10.2. The lowest BCUT2D eigenvalue weighted by Crippen LogP contribution is -2.23. The van der Waals surface area contributed by atoms with Gasteiger partial charge in [-0.05, 0) is 44.2 Å². The number of esters is 1. The van der Waals surface area contributed by atoms with Crippen molar-refractivity contribution in [1.29, 1.82) is 0 Å². The van der Waals surface area contributed by atoms with E-state index in [1.807, 2.05) is 23.6 Å². The molecule has 0 N–H and O–H groups in total. The van der Waals surface area contributed by atoms with E-state index in [-0.39, 0.29) is 17.4 Å². The van der Waals surface area contributed by atoms with E-state index in [2.05, 4.69) is 15.3 Å². The Kier molecular flexibility index (Phi) is 5.30. The van der Waals surface area contributed by atoms with Crippen LogP contribution in [0.3, 0.4) is 0 Å². The Hall–Kier alpha value is -3.20. The lowest BCUT2D eigenvalue weighted by Gasteiger charge is -2.07. The van der Waals surface area contributed by atoms with Gasteiger partial charge in [0.2, 0.25) is 0 Å². The Morgan fingerprint density at radius 1 is 1.14 bits per heavy atom. The van der Waals surface area contributed by atoms with E-state index in [0.717, 1.165) is 10.7 Å². The van der Waals surface area contributed by atoms with Crippen molar-refractivity contribution >= 4 is 39.7 Å². The first-order chi connectivity index (χ1) is 14.1. The summed E-state index contributed by atoms with van der Waals surface area (Å²) in [4.78, 5) is 29.3. The highest BCUT2D eigenvalue weighted by molar-refractivity contribution is 7.98. The number of aryl methyl sites for hydroxylation is 1. The molecule has 2 heterocycles. The number of carbonyl (C=O) groups excluding carboxylic acids is 1. The molecule has 29 heavy (non-hydrogen) atoms. The Morgan fingerprint density at radius 3 is 2.76 bits per heavy atom. The van der Waals surface area contributed by atoms with Crippen LogP contribution in [-0.4, -0.2) is 37.1 Å². The number of carbonyl (C=O) groups is 1. The van der Waals surface area contributed by atoms with Crippen LogP contribution in [0.25, 0.3) is 21.9 Å². The number of ether oxygens (including phenoxy) is 1. The first-order valence-electron chi connectivity index (χ1n) is 9.25. The van der Waals surface area contributed by atoms with Crippen LogP contribution in [0.5, 0.6) is 0 Å². The number of hydrogen-bond donors (Lipinski definition) is 0. The Labute approximate surface area is 170 Å². The Bertz CT molecular complexity index is 1260. The van der Waals surface area contributed by atoms with Crippen molar-refractivity contribution in [2.75, 3.05) is 6.61 Å². The standard InChI is InChI=1S/C20H19N5O3S/c1-3-24-17-10-9-13(19(27)28-4-2)11-16(17)21-20(24)29-12-25-18(26)14-7-5-6-8-15(14)22-23-25/h5-11H,3-4,12H2,1-2H3. The van der Waals surface area contributed by atoms with E-state index < -0.39 is 0 Å². The molecule has 0 radical (unpaired) electrons. The van der Waals surface area contributed by atoms with Crippen molar-refractivity contribution in [3.8, 4) is 0 Å². The normalized spacial score (nSPS) is 11.2. The van der Waals surface area contributed by atoms with E-state index in [0.29, 0.717) is 35.1 Å². The van der Waals surface area contributed by atoms with Gasteiger partial charge in [-0.15, -0.1) is 5.10 Å². The highest BCUT2D eigenvalue weighted by Gasteiger charge is 2.15. The van der Waals surface area contributed by atoms with Crippen LogP contribution >= 0.6 is 11.8 Å². The van der Waals surface area contributed by atoms with E-state index in [4.69, 9.17) is 4.74 Å². The molecule has 2 aromatic carbocycles. The van der Waals surface area contributed by atoms with E-state index in [9.17, 15) is 9.59 Å². The minimum absolute atomic E-state index is 0.188. The van der Waals surface area contributed by atoms with Crippen molar-refractivity contribution in [3.63, 3.8) is 0 Å². The molecular weight excluding hydrogens is 390 g/mol. The van der Waals surface area contributed by atoms with Crippen LogP contribution < -0.4 is 5.56 Å². The van der Waals surface area contributed by atoms with Crippen LogP contribution in [-0.2, 0) is 17.2 Å². The summed E-state index contributed by atoms with van der Waals surface area (Å²) < 4.78 is 8.43. The molecule has 0 bridgehead atoms. The van der Waals surface area contributed by atoms with Crippen molar-refractivity contribution in [2.24, 2.45) is 0 Å². The number of thioether (sulfide) groups is 1. The fourth-order valence-corrected chi connectivity index (χ4v) is 4.04. The molecule has 4 aromatic rings. The number of rotatable bonds is 6. The third-order valence-electron chi connectivity index (χ3n) is 4.49. The molecule has 0 saturated carbocycles. The largest absolute Gasteiger partial charge is 0.462 e. The third-order valence-corrected chi connectivity index (χ3v) is 5.43. The van der Waals surface area contributed by atoms with Gasteiger partial charge in [0.05, 0.1) is 34.5 Å². The minimum Gasteiger partial charge on any atom is -0.462 e. The van der Waals surface area contributed by atoms with Gasteiger partial charge in [-0.1, -0.05) is 29.1 Å². The summed E-state index contributed by atoms with van der Waals surface area (Å²) in [5.74, 6) is -0.0855. The first kappa shape index (κ1) is 19.1. The first-order valence-corrected chi connectivity index (χ1v) is 10.2. The Morgan fingerprint density at radius 2 is 1.97 bits per heavy atom. The van der Waals surface area contributed by atoms with Gasteiger partial charge in [0.25, 0.3) is 5.56 Å². The van der Waals surface area contributed by atoms with Crippen LogP contribution in [0, 0.1) is 0 Å². The fraction of sp³-hybridized carbons (Fsp3) is 0.250. The van der Waals surface area contributed by atoms with Gasteiger partial charge in [0.1, 0.15) is 5.52 Å². The molecule has 9 heteroatoms. The van der Waals surface area contributed by atoms with Crippen LogP contribution in [0.2, 0.25) is 0 Å². The molecule has 0 amide bonds. The maximum absolute atomic E-state index is 12.6. The predicted molar refractivity (Wildman–Crippen MR) is 111 cm³/mol. The molecular formula is C20H19N5O3S. The maximum atomic E-state index is 12.6. The summed E-state index contributed by atoms with van der Waals surface area (Å²) in [7, 11) is 0. The number of imidazole rings is 1. The number of aromatic nitrogens is 5. The summed E-state index contributed by atoms with van der Waals surface area (Å²) in [6.07, 6.45) is 0. The van der Waals surface area contributed by atoms with Crippen LogP contribution in [0.4, 0.5) is 0 Å². The van der Waals surface area contributed by atoms with Crippen molar-refractivity contribution in [1.82, 2.24) is 24.5 Å². The topological polar surface area (TPSA) is 91.9 Å². The highest BCUT2D eigenvalue weighted by atomic mass is 32.2. The van der Waals surface area contributed by atoms with E-state index in [1.165, 1.54) is 16.4 Å². The fourth-order valence-electron chi connectivity index (χ4n) is 3.09. The second-order valence-electron chi connectivity index (χ2n) is 6.25. The third kappa shape index (κ3) is 3.61. The summed E-state index contributed by atoms with van der Waals surface area (Å²) in [5.41, 5.74) is 2.48. The van der Waals surface area contributed by atoms with Crippen molar-refractivity contribution in [2.45, 2.75) is 31.4 Å². The van der Waals surface area contributed by atoms with Crippen molar-refractivity contribution in [3.05, 3.63) is 58.4 Å². The zero-order valence-electron chi connectivity index (χ0n) is 16.0. The van der Waals surface area contributed by atoms with E-state index >= 15 is 0 Å². The molecule has 4 rings (SSSR count). The summed E-state index contributed by atoms with van der Waals surface area (Å²) in [5, 5.41) is 9.41. The van der Waals surface area contributed by atoms with Gasteiger partial charge in [-0.2, -0.15) is 4.68 Å². The molecule has 148 valence electrons. The van der Waals surface area contributed by atoms with Gasteiger partial charge in [0, 0.05) is 6.54 Å². The number of hydrogen-bond acceptors (Lipinski definition) is 7. The molecule has 8 nitrogen and oxygen atoms in total. The summed E-state index contributed by atoms with van der Waals surface area (Å²) in [6, 6.07) is 12.5. The Balaban J connectivity index is 1.65. The number of nitrogens with zero attached hydrogens (tertiary/aromatic N) is 5. The zero-order valence-corrected chi connectivity index (χ0v) is 16.8. The quantitative estimate of drug-likeness (QED) is 0.357.